The summed E-state index contributed by atoms with van der Waals surface area (Å²) in [7, 11) is 0. The Kier molecular flexibility index (Phi) is 2.11. The van der Waals surface area contributed by atoms with Crippen molar-refractivity contribution in [3.63, 3.8) is 0 Å². The zero-order valence-electron chi connectivity index (χ0n) is 8.85. The van der Waals surface area contributed by atoms with Gasteiger partial charge in [-0.15, -0.1) is 10.2 Å². The molecular weight excluding hydrogens is 202 g/mol. The van der Waals surface area contributed by atoms with E-state index in [0.717, 1.165) is 42.5 Å². The van der Waals surface area contributed by atoms with Crippen molar-refractivity contribution in [2.75, 3.05) is 12.3 Å². The number of nitrogen functional groups attached to an aromatic ring is 1. The summed E-state index contributed by atoms with van der Waals surface area (Å²) in [5, 5.41) is 11.7. The number of benzene rings is 1. The second-order valence-electron chi connectivity index (χ2n) is 3.89. The number of nitrogens with two attached hydrogens (primary N) is 1. The minimum atomic E-state index is 0.754. The lowest BCUT2D eigenvalue weighted by Gasteiger charge is -2.16. The Morgan fingerprint density at radius 1 is 1.31 bits per heavy atom. The largest absolute Gasteiger partial charge is 0.399 e. The first-order valence-electron chi connectivity index (χ1n) is 5.33. The van der Waals surface area contributed by atoms with Crippen LogP contribution >= 0.6 is 0 Å². The minimum Gasteiger partial charge on any atom is -0.399 e. The quantitative estimate of drug-likeness (QED) is 0.685. The summed E-state index contributed by atoms with van der Waals surface area (Å²) < 4.78 is 2.14. The maximum atomic E-state index is 5.77. The molecule has 1 aliphatic rings. The van der Waals surface area contributed by atoms with Crippen LogP contribution in [0.25, 0.3) is 11.4 Å². The van der Waals surface area contributed by atoms with Gasteiger partial charge in [0.2, 0.25) is 0 Å². The highest BCUT2D eigenvalue weighted by Crippen LogP contribution is 2.21. The summed E-state index contributed by atoms with van der Waals surface area (Å²) in [5.74, 6) is 1.90. The Hall–Kier alpha value is -1.88. The summed E-state index contributed by atoms with van der Waals surface area (Å²) in [6.45, 7) is 2.65. The van der Waals surface area contributed by atoms with Crippen molar-refractivity contribution >= 4 is 5.69 Å². The van der Waals surface area contributed by atoms with Gasteiger partial charge in [-0.1, -0.05) is 12.1 Å². The van der Waals surface area contributed by atoms with Crippen molar-refractivity contribution < 1.29 is 0 Å². The van der Waals surface area contributed by atoms with Gasteiger partial charge < -0.3 is 15.6 Å². The molecule has 1 aromatic carbocycles. The third-order valence-electron chi connectivity index (χ3n) is 2.77. The highest BCUT2D eigenvalue weighted by Gasteiger charge is 2.16. The van der Waals surface area contributed by atoms with Gasteiger partial charge in [0.1, 0.15) is 5.82 Å². The van der Waals surface area contributed by atoms with Gasteiger partial charge in [-0.2, -0.15) is 0 Å². The van der Waals surface area contributed by atoms with Crippen molar-refractivity contribution in [3.8, 4) is 11.4 Å². The zero-order chi connectivity index (χ0) is 11.0. The predicted molar refractivity (Wildman–Crippen MR) is 61.6 cm³/mol. The molecule has 0 bridgehead atoms. The summed E-state index contributed by atoms with van der Waals surface area (Å²) in [5.41, 5.74) is 7.55. The summed E-state index contributed by atoms with van der Waals surface area (Å²) in [6, 6.07) is 7.75. The Balaban J connectivity index is 2.09. The fourth-order valence-corrected chi connectivity index (χ4v) is 1.98. The van der Waals surface area contributed by atoms with Crippen LogP contribution in [-0.2, 0) is 13.1 Å². The fourth-order valence-electron chi connectivity index (χ4n) is 1.98. The molecule has 2 heterocycles. The average molecular weight is 215 g/mol. The zero-order valence-corrected chi connectivity index (χ0v) is 8.85. The van der Waals surface area contributed by atoms with Gasteiger partial charge in [0, 0.05) is 24.3 Å². The van der Waals surface area contributed by atoms with E-state index in [-0.39, 0.29) is 0 Å². The van der Waals surface area contributed by atoms with Crippen molar-refractivity contribution in [2.24, 2.45) is 0 Å². The predicted octanol–water partition coefficient (Wildman–Crippen LogP) is 0.630. The number of fused-ring (bicyclic) bond motifs is 1. The van der Waals surface area contributed by atoms with Crippen LogP contribution in [0.15, 0.2) is 24.3 Å². The third-order valence-corrected chi connectivity index (χ3v) is 2.77. The maximum Gasteiger partial charge on any atom is 0.164 e. The van der Waals surface area contributed by atoms with Gasteiger partial charge in [-0.05, 0) is 12.1 Å². The lowest BCUT2D eigenvalue weighted by atomic mass is 10.2. The molecule has 0 saturated carbocycles. The van der Waals surface area contributed by atoms with Crippen LogP contribution < -0.4 is 11.1 Å². The first kappa shape index (κ1) is 9.35. The molecule has 0 unspecified atom stereocenters. The molecule has 82 valence electrons. The first-order chi connectivity index (χ1) is 7.84. The van der Waals surface area contributed by atoms with E-state index < -0.39 is 0 Å². The Morgan fingerprint density at radius 2 is 2.25 bits per heavy atom. The number of hydrogen-bond donors (Lipinski definition) is 2. The number of rotatable bonds is 1. The van der Waals surface area contributed by atoms with Crippen molar-refractivity contribution in [1.82, 2.24) is 20.1 Å². The lowest BCUT2D eigenvalue weighted by Crippen LogP contribution is -2.28. The molecule has 0 saturated heterocycles. The monoisotopic (exact) mass is 215 g/mol. The van der Waals surface area contributed by atoms with E-state index in [2.05, 4.69) is 20.1 Å². The van der Waals surface area contributed by atoms with Gasteiger partial charge >= 0.3 is 0 Å². The summed E-state index contributed by atoms with van der Waals surface area (Å²) in [4.78, 5) is 0. The lowest BCUT2D eigenvalue weighted by molar-refractivity contribution is 0.508. The normalized spacial score (nSPS) is 14.8. The topological polar surface area (TPSA) is 68.8 Å². The van der Waals surface area contributed by atoms with Crippen molar-refractivity contribution in [3.05, 3.63) is 30.1 Å². The van der Waals surface area contributed by atoms with Gasteiger partial charge in [0.25, 0.3) is 0 Å². The van der Waals surface area contributed by atoms with Crippen molar-refractivity contribution in [2.45, 2.75) is 13.1 Å². The van der Waals surface area contributed by atoms with Crippen LogP contribution in [0.3, 0.4) is 0 Å². The average Bonchev–Trinajstić information content (AvgIpc) is 2.72. The van der Waals surface area contributed by atoms with Crippen LogP contribution in [0, 0.1) is 0 Å². The second-order valence-corrected chi connectivity index (χ2v) is 3.89. The highest BCUT2D eigenvalue weighted by molar-refractivity contribution is 5.61. The molecule has 16 heavy (non-hydrogen) atoms. The molecule has 1 aliphatic heterocycles. The minimum absolute atomic E-state index is 0.754. The molecule has 1 aromatic heterocycles. The van der Waals surface area contributed by atoms with Crippen LogP contribution in [0.4, 0.5) is 5.69 Å². The number of nitrogens with zero attached hydrogens (tertiary/aromatic N) is 3. The molecule has 2 aromatic rings. The van der Waals surface area contributed by atoms with Crippen LogP contribution in [0.5, 0.6) is 0 Å². The van der Waals surface area contributed by atoms with Crippen LogP contribution in [-0.4, -0.2) is 21.3 Å². The molecule has 0 fully saturated rings. The first-order valence-corrected chi connectivity index (χ1v) is 5.33. The van der Waals surface area contributed by atoms with Crippen molar-refractivity contribution in [1.29, 1.82) is 0 Å². The maximum absolute atomic E-state index is 5.77. The van der Waals surface area contributed by atoms with E-state index >= 15 is 0 Å². The Labute approximate surface area is 93.3 Å². The van der Waals surface area contributed by atoms with E-state index in [4.69, 9.17) is 5.73 Å². The van der Waals surface area contributed by atoms with Gasteiger partial charge in [-0.25, -0.2) is 0 Å². The fraction of sp³-hybridized carbons (Fsp3) is 0.273. The number of anilines is 1. The Bertz CT molecular complexity index is 517. The molecule has 0 radical (unpaired) electrons. The summed E-state index contributed by atoms with van der Waals surface area (Å²) >= 11 is 0. The second kappa shape index (κ2) is 3.61. The molecule has 3 rings (SSSR count). The van der Waals surface area contributed by atoms with E-state index in [9.17, 15) is 0 Å². The Morgan fingerprint density at radius 3 is 3.12 bits per heavy atom. The van der Waals surface area contributed by atoms with E-state index in [1.165, 1.54) is 0 Å². The number of nitrogens with one attached hydrogen (secondary N) is 1. The smallest absolute Gasteiger partial charge is 0.164 e. The van der Waals surface area contributed by atoms with E-state index in [1.807, 2.05) is 24.3 Å². The van der Waals surface area contributed by atoms with E-state index in [0.29, 0.717) is 0 Å². The van der Waals surface area contributed by atoms with Gasteiger partial charge in [0.15, 0.2) is 5.82 Å². The third kappa shape index (κ3) is 1.45. The molecule has 0 amide bonds. The molecule has 5 nitrogen and oxygen atoms in total. The molecule has 0 spiro atoms. The van der Waals surface area contributed by atoms with E-state index in [1.54, 1.807) is 0 Å². The number of hydrogen-bond acceptors (Lipinski definition) is 4. The SMILES string of the molecule is Nc1cccc(-c2nnc3n2CCNC3)c1. The van der Waals surface area contributed by atoms with Crippen LogP contribution in [0.1, 0.15) is 5.82 Å². The van der Waals surface area contributed by atoms with Gasteiger partial charge in [0.05, 0.1) is 6.54 Å². The molecule has 5 heteroatoms. The molecule has 0 aliphatic carbocycles. The molecule has 0 atom stereocenters. The standard InChI is InChI=1S/C11H13N5/c12-9-3-1-2-8(6-9)11-15-14-10-7-13-4-5-16(10)11/h1-3,6,13H,4-5,7,12H2. The molecular formula is C11H13N5. The summed E-state index contributed by atoms with van der Waals surface area (Å²) in [6.07, 6.45) is 0. The number of aromatic nitrogens is 3. The highest BCUT2D eigenvalue weighted by atomic mass is 15.3. The van der Waals surface area contributed by atoms with Gasteiger partial charge in [-0.3, -0.25) is 0 Å². The van der Waals surface area contributed by atoms with Crippen LogP contribution in [0.2, 0.25) is 0 Å². The molecule has 3 N–H and O–H groups in total.